The second-order valence-corrected chi connectivity index (χ2v) is 9.43. The van der Waals surface area contributed by atoms with Crippen molar-refractivity contribution in [2.45, 2.75) is 11.0 Å². The Hall–Kier alpha value is -3.16. The Morgan fingerprint density at radius 1 is 1.00 bits per heavy atom. The van der Waals surface area contributed by atoms with E-state index in [1.165, 1.54) is 18.4 Å². The Labute approximate surface area is 167 Å². The summed E-state index contributed by atoms with van der Waals surface area (Å²) in [6, 6.07) is 16.4. The summed E-state index contributed by atoms with van der Waals surface area (Å²) in [5, 5.41) is 2.70. The van der Waals surface area contributed by atoms with Crippen LogP contribution in [0, 0.1) is 0 Å². The molecular formula is C22H18N2O4S. The zero-order valence-electron chi connectivity index (χ0n) is 15.8. The number of fused-ring (bicyclic) bond motifs is 1. The first kappa shape index (κ1) is 17.9. The number of H-pyrrole nitrogens is 1. The molecule has 7 heteroatoms. The molecule has 0 saturated heterocycles. The minimum absolute atomic E-state index is 0.205. The number of sulfonamides is 1. The highest BCUT2D eigenvalue weighted by atomic mass is 32.2. The van der Waals surface area contributed by atoms with Crippen molar-refractivity contribution >= 4 is 37.7 Å². The van der Waals surface area contributed by atoms with Gasteiger partial charge in [0.25, 0.3) is 0 Å². The second kappa shape index (κ2) is 6.17. The molecule has 0 radical (unpaired) electrons. The first-order valence-corrected chi connectivity index (χ1v) is 10.6. The van der Waals surface area contributed by atoms with Crippen LogP contribution in [-0.2, 0) is 14.8 Å². The summed E-state index contributed by atoms with van der Waals surface area (Å²) < 4.78 is 31.9. The standard InChI is InChI=1S/C22H18N2O4S/c1-24(2)29(26,27)14-9-10-15-18(12-23-19(15)11-14)21-16-7-3-5-13-6-4-8-17(20(13)16)22(25)28-21/h3-12,21,23H,1-2H3. The molecule has 0 saturated carbocycles. The molecule has 1 aliphatic rings. The molecule has 5 rings (SSSR count). The number of esters is 1. The molecule has 1 unspecified atom stereocenters. The molecule has 29 heavy (non-hydrogen) atoms. The molecule has 6 nitrogen and oxygen atoms in total. The van der Waals surface area contributed by atoms with Gasteiger partial charge in [0.15, 0.2) is 6.10 Å². The quantitative estimate of drug-likeness (QED) is 0.525. The van der Waals surface area contributed by atoms with E-state index in [9.17, 15) is 13.2 Å². The third-order valence-corrected chi connectivity index (χ3v) is 7.22. The molecular weight excluding hydrogens is 388 g/mol. The molecule has 0 amide bonds. The van der Waals surface area contributed by atoms with E-state index in [1.807, 2.05) is 30.3 Å². The number of rotatable bonds is 3. The van der Waals surface area contributed by atoms with Crippen molar-refractivity contribution < 1.29 is 17.9 Å². The van der Waals surface area contributed by atoms with Crippen LogP contribution < -0.4 is 0 Å². The number of carbonyl (C=O) groups is 1. The first-order valence-electron chi connectivity index (χ1n) is 9.14. The third-order valence-electron chi connectivity index (χ3n) is 5.41. The number of aromatic nitrogens is 1. The fourth-order valence-corrected chi connectivity index (χ4v) is 4.87. The van der Waals surface area contributed by atoms with Crippen LogP contribution in [0.2, 0.25) is 0 Å². The molecule has 0 aliphatic carbocycles. The van der Waals surface area contributed by atoms with Gasteiger partial charge in [0, 0.05) is 47.7 Å². The molecule has 4 aromatic rings. The zero-order valence-corrected chi connectivity index (χ0v) is 16.7. The maximum absolute atomic E-state index is 12.7. The first-order chi connectivity index (χ1) is 13.9. The predicted octanol–water partition coefficient (Wildman–Crippen LogP) is 3.83. The smallest absolute Gasteiger partial charge is 0.339 e. The highest BCUT2D eigenvalue weighted by Crippen LogP contribution is 2.41. The van der Waals surface area contributed by atoms with Crippen molar-refractivity contribution in [3.05, 3.63) is 77.5 Å². The highest BCUT2D eigenvalue weighted by molar-refractivity contribution is 7.89. The van der Waals surface area contributed by atoms with Crippen LogP contribution in [0.4, 0.5) is 0 Å². The summed E-state index contributed by atoms with van der Waals surface area (Å²) in [4.78, 5) is 16.0. The lowest BCUT2D eigenvalue weighted by Gasteiger charge is -2.25. The monoisotopic (exact) mass is 406 g/mol. The maximum Gasteiger partial charge on any atom is 0.339 e. The number of nitrogens with zero attached hydrogens (tertiary/aromatic N) is 1. The fourth-order valence-electron chi connectivity index (χ4n) is 3.94. The molecule has 0 spiro atoms. The molecule has 3 aromatic carbocycles. The molecule has 1 N–H and O–H groups in total. The van der Waals surface area contributed by atoms with Crippen molar-refractivity contribution in [1.29, 1.82) is 0 Å². The van der Waals surface area contributed by atoms with Crippen molar-refractivity contribution in [3.63, 3.8) is 0 Å². The normalized spacial score (nSPS) is 16.5. The fraction of sp³-hybridized carbons (Fsp3) is 0.136. The molecule has 1 aliphatic heterocycles. The predicted molar refractivity (Wildman–Crippen MR) is 110 cm³/mol. The number of carbonyl (C=O) groups excluding carboxylic acids is 1. The lowest BCUT2D eigenvalue weighted by Crippen LogP contribution is -2.22. The van der Waals surface area contributed by atoms with E-state index in [0.717, 1.165) is 27.3 Å². The van der Waals surface area contributed by atoms with Crippen molar-refractivity contribution in [1.82, 2.24) is 9.29 Å². The lowest BCUT2D eigenvalue weighted by atomic mass is 9.90. The largest absolute Gasteiger partial charge is 0.449 e. The summed E-state index contributed by atoms with van der Waals surface area (Å²) in [7, 11) is -0.539. The average molecular weight is 406 g/mol. The van der Waals surface area contributed by atoms with E-state index >= 15 is 0 Å². The van der Waals surface area contributed by atoms with Crippen LogP contribution in [0.1, 0.15) is 27.6 Å². The second-order valence-electron chi connectivity index (χ2n) is 7.28. The van der Waals surface area contributed by atoms with Gasteiger partial charge in [-0.15, -0.1) is 0 Å². The summed E-state index contributed by atoms with van der Waals surface area (Å²) >= 11 is 0. The summed E-state index contributed by atoms with van der Waals surface area (Å²) in [6.07, 6.45) is 1.22. The van der Waals surface area contributed by atoms with Gasteiger partial charge in [-0.1, -0.05) is 36.4 Å². The maximum atomic E-state index is 12.7. The minimum Gasteiger partial charge on any atom is -0.449 e. The number of cyclic esters (lactones) is 1. The number of hydrogen-bond acceptors (Lipinski definition) is 4. The number of benzene rings is 3. The molecule has 1 atom stereocenters. The van der Waals surface area contributed by atoms with Crippen LogP contribution in [0.25, 0.3) is 21.7 Å². The van der Waals surface area contributed by atoms with Crippen molar-refractivity contribution in [3.8, 4) is 0 Å². The van der Waals surface area contributed by atoms with Gasteiger partial charge in [-0.05, 0) is 23.6 Å². The number of ether oxygens (including phenoxy) is 1. The van der Waals surface area contributed by atoms with E-state index in [4.69, 9.17) is 4.74 Å². The minimum atomic E-state index is -3.54. The van der Waals surface area contributed by atoms with Crippen LogP contribution in [0.3, 0.4) is 0 Å². The molecule has 0 bridgehead atoms. The molecule has 2 heterocycles. The van der Waals surface area contributed by atoms with Gasteiger partial charge in [-0.2, -0.15) is 0 Å². The van der Waals surface area contributed by atoms with Gasteiger partial charge in [0.05, 0.1) is 10.5 Å². The number of nitrogens with one attached hydrogen (secondary N) is 1. The number of aromatic amines is 1. The van der Waals surface area contributed by atoms with Gasteiger partial charge in [0.1, 0.15) is 0 Å². The molecule has 0 fully saturated rings. The van der Waals surface area contributed by atoms with Gasteiger partial charge < -0.3 is 9.72 Å². The van der Waals surface area contributed by atoms with Crippen LogP contribution in [-0.4, -0.2) is 37.8 Å². The van der Waals surface area contributed by atoms with Crippen molar-refractivity contribution in [2.75, 3.05) is 14.1 Å². The van der Waals surface area contributed by atoms with E-state index in [2.05, 4.69) is 4.98 Å². The Bertz CT molecular complexity index is 1400. The van der Waals surface area contributed by atoms with E-state index in [0.29, 0.717) is 11.1 Å². The van der Waals surface area contributed by atoms with Crippen LogP contribution in [0.5, 0.6) is 0 Å². The van der Waals surface area contributed by atoms with E-state index in [1.54, 1.807) is 30.5 Å². The Kier molecular flexibility index (Phi) is 3.81. The van der Waals surface area contributed by atoms with Crippen LogP contribution in [0.15, 0.2) is 65.7 Å². The van der Waals surface area contributed by atoms with E-state index < -0.39 is 16.1 Å². The van der Waals surface area contributed by atoms with Gasteiger partial charge in [-0.25, -0.2) is 17.5 Å². The van der Waals surface area contributed by atoms with Gasteiger partial charge in [-0.3, -0.25) is 0 Å². The SMILES string of the molecule is CN(C)S(=O)(=O)c1ccc2c(C3OC(=O)c4cccc5cccc3c45)c[nH]c2c1. The lowest BCUT2D eigenvalue weighted by molar-refractivity contribution is 0.0369. The Morgan fingerprint density at radius 2 is 1.76 bits per heavy atom. The topological polar surface area (TPSA) is 79.5 Å². The molecule has 146 valence electrons. The van der Waals surface area contributed by atoms with Gasteiger partial charge in [0.2, 0.25) is 10.0 Å². The van der Waals surface area contributed by atoms with Crippen molar-refractivity contribution in [2.24, 2.45) is 0 Å². The summed E-state index contributed by atoms with van der Waals surface area (Å²) in [5.74, 6) is -0.361. The molecule has 1 aromatic heterocycles. The summed E-state index contributed by atoms with van der Waals surface area (Å²) in [5.41, 5.74) is 2.95. The average Bonchev–Trinajstić information content (AvgIpc) is 3.13. The van der Waals surface area contributed by atoms with Crippen LogP contribution >= 0.6 is 0 Å². The van der Waals surface area contributed by atoms with Gasteiger partial charge >= 0.3 is 5.97 Å². The highest BCUT2D eigenvalue weighted by Gasteiger charge is 2.31. The zero-order chi connectivity index (χ0) is 20.3. The summed E-state index contributed by atoms with van der Waals surface area (Å²) in [6.45, 7) is 0. The number of hydrogen-bond donors (Lipinski definition) is 1. The third kappa shape index (κ3) is 2.58. The van der Waals surface area contributed by atoms with E-state index in [-0.39, 0.29) is 10.9 Å². The Morgan fingerprint density at radius 3 is 2.52 bits per heavy atom. The Balaban J connectivity index is 1.69.